The monoisotopic (exact) mass is 367 g/mol. The SMILES string of the molecule is CCc1c(C(=O)NNC(=O)c2ccccn2)cnn1-c1ccc(OC)nn1. The number of carbonyl (C=O) groups is 2. The molecular weight excluding hydrogens is 350 g/mol. The van der Waals surface area contributed by atoms with E-state index >= 15 is 0 Å². The third kappa shape index (κ3) is 3.89. The maximum absolute atomic E-state index is 12.4. The van der Waals surface area contributed by atoms with Crippen LogP contribution in [0.2, 0.25) is 0 Å². The topological polar surface area (TPSA) is 124 Å². The normalized spacial score (nSPS) is 10.3. The summed E-state index contributed by atoms with van der Waals surface area (Å²) in [5, 5.41) is 12.1. The molecule has 0 bridgehead atoms. The number of pyridine rings is 1. The van der Waals surface area contributed by atoms with Gasteiger partial charge in [0.1, 0.15) is 5.69 Å². The van der Waals surface area contributed by atoms with Crippen molar-refractivity contribution in [1.29, 1.82) is 0 Å². The number of nitrogens with one attached hydrogen (secondary N) is 2. The third-order valence-corrected chi connectivity index (χ3v) is 3.69. The summed E-state index contributed by atoms with van der Waals surface area (Å²) in [5.41, 5.74) is 5.83. The fourth-order valence-corrected chi connectivity index (χ4v) is 2.38. The molecule has 2 N–H and O–H groups in total. The zero-order chi connectivity index (χ0) is 19.2. The molecule has 0 atom stereocenters. The summed E-state index contributed by atoms with van der Waals surface area (Å²) in [6.45, 7) is 1.88. The van der Waals surface area contributed by atoms with Crippen LogP contribution in [0.5, 0.6) is 5.88 Å². The number of methoxy groups -OCH3 is 1. The molecule has 0 saturated carbocycles. The van der Waals surface area contributed by atoms with Gasteiger partial charge >= 0.3 is 0 Å². The molecule has 0 fully saturated rings. The Hall–Kier alpha value is -3.82. The number of hydrogen-bond acceptors (Lipinski definition) is 7. The molecular formula is C17H17N7O3. The summed E-state index contributed by atoms with van der Waals surface area (Å²) in [6.07, 6.45) is 3.42. The predicted molar refractivity (Wildman–Crippen MR) is 94.3 cm³/mol. The number of hydrazine groups is 1. The van der Waals surface area contributed by atoms with Gasteiger partial charge in [-0.3, -0.25) is 25.4 Å². The highest BCUT2D eigenvalue weighted by molar-refractivity contribution is 5.98. The fourth-order valence-electron chi connectivity index (χ4n) is 2.38. The molecule has 3 heterocycles. The van der Waals surface area contributed by atoms with Gasteiger partial charge in [-0.15, -0.1) is 10.2 Å². The van der Waals surface area contributed by atoms with Gasteiger partial charge in [0.05, 0.1) is 24.6 Å². The second kappa shape index (κ2) is 8.04. The van der Waals surface area contributed by atoms with E-state index in [2.05, 4.69) is 31.1 Å². The lowest BCUT2D eigenvalue weighted by Gasteiger charge is -2.08. The molecule has 0 spiro atoms. The van der Waals surface area contributed by atoms with Crippen LogP contribution in [0.15, 0.2) is 42.7 Å². The van der Waals surface area contributed by atoms with E-state index in [9.17, 15) is 9.59 Å². The Morgan fingerprint density at radius 1 is 1.11 bits per heavy atom. The quantitative estimate of drug-likeness (QED) is 0.636. The number of rotatable bonds is 5. The van der Waals surface area contributed by atoms with E-state index in [4.69, 9.17) is 4.74 Å². The van der Waals surface area contributed by atoms with Crippen molar-refractivity contribution >= 4 is 11.8 Å². The maximum Gasteiger partial charge on any atom is 0.288 e. The van der Waals surface area contributed by atoms with Crippen LogP contribution in [0, 0.1) is 0 Å². The van der Waals surface area contributed by atoms with Gasteiger partial charge in [0.15, 0.2) is 5.82 Å². The van der Waals surface area contributed by atoms with Crippen molar-refractivity contribution in [3.8, 4) is 11.7 Å². The molecule has 0 saturated heterocycles. The van der Waals surface area contributed by atoms with Crippen molar-refractivity contribution in [3.63, 3.8) is 0 Å². The van der Waals surface area contributed by atoms with Crippen molar-refractivity contribution in [2.75, 3.05) is 7.11 Å². The molecule has 0 unspecified atom stereocenters. The van der Waals surface area contributed by atoms with Gasteiger partial charge in [-0.1, -0.05) is 13.0 Å². The summed E-state index contributed by atoms with van der Waals surface area (Å²) in [5.74, 6) is -0.192. The molecule has 0 aliphatic rings. The van der Waals surface area contributed by atoms with Crippen LogP contribution in [0.1, 0.15) is 33.5 Å². The minimum absolute atomic E-state index is 0.192. The van der Waals surface area contributed by atoms with Gasteiger partial charge in [0.2, 0.25) is 5.88 Å². The van der Waals surface area contributed by atoms with Crippen LogP contribution in [0.3, 0.4) is 0 Å². The van der Waals surface area contributed by atoms with E-state index in [1.807, 2.05) is 6.92 Å². The smallest absolute Gasteiger partial charge is 0.288 e. The zero-order valence-electron chi connectivity index (χ0n) is 14.7. The average molecular weight is 367 g/mol. The minimum atomic E-state index is -0.518. The molecule has 10 heteroatoms. The molecule has 27 heavy (non-hydrogen) atoms. The second-order valence-electron chi connectivity index (χ2n) is 5.33. The number of aromatic nitrogens is 5. The molecule has 0 aliphatic carbocycles. The lowest BCUT2D eigenvalue weighted by molar-refractivity contribution is 0.0843. The maximum atomic E-state index is 12.4. The number of ether oxygens (including phenoxy) is 1. The van der Waals surface area contributed by atoms with Crippen molar-refractivity contribution in [2.24, 2.45) is 0 Å². The fraction of sp³-hybridized carbons (Fsp3) is 0.176. The molecule has 3 rings (SSSR count). The van der Waals surface area contributed by atoms with Crippen molar-refractivity contribution in [1.82, 2.24) is 35.8 Å². The average Bonchev–Trinajstić information content (AvgIpc) is 3.16. The van der Waals surface area contributed by atoms with Crippen LogP contribution in [-0.2, 0) is 6.42 Å². The van der Waals surface area contributed by atoms with Crippen LogP contribution in [-0.4, -0.2) is 43.9 Å². The molecule has 0 radical (unpaired) electrons. The van der Waals surface area contributed by atoms with E-state index in [0.29, 0.717) is 29.4 Å². The first-order valence-corrected chi connectivity index (χ1v) is 8.10. The number of nitrogens with zero attached hydrogens (tertiary/aromatic N) is 5. The van der Waals surface area contributed by atoms with E-state index in [0.717, 1.165) is 0 Å². The summed E-state index contributed by atoms with van der Waals surface area (Å²) in [6, 6.07) is 8.25. The van der Waals surface area contributed by atoms with E-state index < -0.39 is 11.8 Å². The largest absolute Gasteiger partial charge is 0.480 e. The molecule has 0 aliphatic heterocycles. The predicted octanol–water partition coefficient (Wildman–Crippen LogP) is 0.703. The van der Waals surface area contributed by atoms with Gasteiger partial charge in [-0.05, 0) is 24.6 Å². The van der Waals surface area contributed by atoms with Crippen molar-refractivity contribution in [2.45, 2.75) is 13.3 Å². The summed E-state index contributed by atoms with van der Waals surface area (Å²) in [4.78, 5) is 28.3. The van der Waals surface area contributed by atoms with Crippen LogP contribution >= 0.6 is 0 Å². The Labute approximate surface area is 154 Å². The number of amides is 2. The molecule has 10 nitrogen and oxygen atoms in total. The highest BCUT2D eigenvalue weighted by Crippen LogP contribution is 2.15. The Bertz CT molecular complexity index is 939. The standard InChI is InChI=1S/C17H17N7O3/c1-3-13-11(10-19-24(13)14-7-8-15(27-2)21-20-14)16(25)22-23-17(26)12-6-4-5-9-18-12/h4-10H,3H2,1-2H3,(H,22,25)(H,23,26). The Morgan fingerprint density at radius 2 is 1.93 bits per heavy atom. The van der Waals surface area contributed by atoms with E-state index in [1.165, 1.54) is 24.2 Å². The van der Waals surface area contributed by atoms with Gasteiger partial charge in [-0.25, -0.2) is 4.68 Å². The summed E-state index contributed by atoms with van der Waals surface area (Å²) >= 11 is 0. The Morgan fingerprint density at radius 3 is 2.56 bits per heavy atom. The zero-order valence-corrected chi connectivity index (χ0v) is 14.7. The second-order valence-corrected chi connectivity index (χ2v) is 5.33. The summed E-state index contributed by atoms with van der Waals surface area (Å²) < 4.78 is 6.50. The molecule has 3 aromatic heterocycles. The lowest BCUT2D eigenvalue weighted by atomic mass is 10.2. The van der Waals surface area contributed by atoms with Crippen LogP contribution in [0.4, 0.5) is 0 Å². The highest BCUT2D eigenvalue weighted by Gasteiger charge is 2.19. The van der Waals surface area contributed by atoms with Gasteiger partial charge in [-0.2, -0.15) is 5.10 Å². The first kappa shape index (κ1) is 18.0. The van der Waals surface area contributed by atoms with Gasteiger partial charge in [0, 0.05) is 12.3 Å². The first-order chi connectivity index (χ1) is 13.1. The van der Waals surface area contributed by atoms with E-state index in [1.54, 1.807) is 30.3 Å². The Kier molecular flexibility index (Phi) is 5.36. The number of carbonyl (C=O) groups excluding carboxylic acids is 2. The Balaban J connectivity index is 1.75. The molecule has 138 valence electrons. The summed E-state index contributed by atoms with van der Waals surface area (Å²) in [7, 11) is 1.50. The van der Waals surface area contributed by atoms with Gasteiger partial charge < -0.3 is 4.74 Å². The number of hydrogen-bond donors (Lipinski definition) is 2. The van der Waals surface area contributed by atoms with Crippen LogP contribution < -0.4 is 15.6 Å². The van der Waals surface area contributed by atoms with Crippen molar-refractivity contribution < 1.29 is 14.3 Å². The van der Waals surface area contributed by atoms with Crippen LogP contribution in [0.25, 0.3) is 5.82 Å². The molecule has 2 amide bonds. The minimum Gasteiger partial charge on any atom is -0.480 e. The molecule has 0 aromatic carbocycles. The third-order valence-electron chi connectivity index (χ3n) is 3.69. The lowest BCUT2D eigenvalue weighted by Crippen LogP contribution is -2.42. The molecule has 3 aromatic rings. The van der Waals surface area contributed by atoms with E-state index in [-0.39, 0.29) is 5.69 Å². The highest BCUT2D eigenvalue weighted by atomic mass is 16.5. The van der Waals surface area contributed by atoms with Gasteiger partial charge in [0.25, 0.3) is 11.8 Å². The van der Waals surface area contributed by atoms with Crippen molar-refractivity contribution in [3.05, 3.63) is 59.7 Å². The first-order valence-electron chi connectivity index (χ1n) is 8.10.